The van der Waals surface area contributed by atoms with Crippen molar-refractivity contribution in [3.05, 3.63) is 29.6 Å². The molecule has 0 radical (unpaired) electrons. The van der Waals surface area contributed by atoms with Gasteiger partial charge < -0.3 is 10.2 Å². The predicted octanol–water partition coefficient (Wildman–Crippen LogP) is 2.70. The van der Waals surface area contributed by atoms with E-state index in [9.17, 15) is 18.0 Å². The molecule has 1 fully saturated rings. The van der Waals surface area contributed by atoms with Gasteiger partial charge >= 0.3 is 6.18 Å². The fraction of sp³-hybridized carbons (Fsp3) is 0.600. The number of pyridine rings is 1. The van der Waals surface area contributed by atoms with Crippen LogP contribution in [0.3, 0.4) is 0 Å². The van der Waals surface area contributed by atoms with Gasteiger partial charge in [-0.15, -0.1) is 0 Å². The first-order valence-corrected chi connectivity index (χ1v) is 7.48. The molecule has 0 spiro atoms. The van der Waals surface area contributed by atoms with Gasteiger partial charge in [0.05, 0.1) is 5.56 Å². The minimum Gasteiger partial charge on any atom is -0.336 e. The Balaban J connectivity index is 2.15. The quantitative estimate of drug-likeness (QED) is 0.929. The zero-order chi connectivity index (χ0) is 16.2. The number of amides is 1. The Bertz CT molecular complexity index is 496. The van der Waals surface area contributed by atoms with Crippen molar-refractivity contribution in [1.82, 2.24) is 15.2 Å². The van der Waals surface area contributed by atoms with E-state index in [0.717, 1.165) is 44.6 Å². The Hall–Kier alpha value is -1.63. The fourth-order valence-corrected chi connectivity index (χ4v) is 2.66. The standard InChI is InChI=1S/C15H20F3N3O/c1-2-9-21(12-5-7-19-8-6-12)14(22)11-3-4-13(20-10-11)15(16,17)18/h3-4,10,12,19H,2,5-9H2,1H3. The molecule has 1 amide bonds. The van der Waals surface area contributed by atoms with E-state index in [1.54, 1.807) is 4.90 Å². The van der Waals surface area contributed by atoms with Gasteiger partial charge in [0.2, 0.25) is 0 Å². The molecular weight excluding hydrogens is 295 g/mol. The Morgan fingerprint density at radius 3 is 2.55 bits per heavy atom. The number of halogens is 3. The molecule has 0 unspecified atom stereocenters. The van der Waals surface area contributed by atoms with Crippen LogP contribution >= 0.6 is 0 Å². The highest BCUT2D eigenvalue weighted by atomic mass is 19.4. The normalized spacial score (nSPS) is 16.5. The number of aromatic nitrogens is 1. The van der Waals surface area contributed by atoms with Crippen LogP contribution in [0, 0.1) is 0 Å². The molecule has 1 N–H and O–H groups in total. The van der Waals surface area contributed by atoms with Crippen LogP contribution in [0.4, 0.5) is 13.2 Å². The number of nitrogens with zero attached hydrogens (tertiary/aromatic N) is 2. The second-order valence-electron chi connectivity index (χ2n) is 5.41. The molecular formula is C15H20F3N3O. The van der Waals surface area contributed by atoms with Gasteiger partial charge in [-0.2, -0.15) is 13.2 Å². The van der Waals surface area contributed by atoms with Gasteiger partial charge in [-0.05, 0) is 44.5 Å². The summed E-state index contributed by atoms with van der Waals surface area (Å²) >= 11 is 0. The van der Waals surface area contributed by atoms with Crippen LogP contribution in [0.25, 0.3) is 0 Å². The van der Waals surface area contributed by atoms with Gasteiger partial charge in [0.1, 0.15) is 5.69 Å². The van der Waals surface area contributed by atoms with Crippen LogP contribution in [0.15, 0.2) is 18.3 Å². The molecule has 0 saturated carbocycles. The van der Waals surface area contributed by atoms with Crippen LogP contribution in [0.5, 0.6) is 0 Å². The first-order valence-electron chi connectivity index (χ1n) is 7.48. The number of alkyl halides is 3. The van der Waals surface area contributed by atoms with Crippen molar-refractivity contribution < 1.29 is 18.0 Å². The zero-order valence-electron chi connectivity index (χ0n) is 12.5. The molecule has 0 aliphatic carbocycles. The molecule has 0 atom stereocenters. The third-order valence-electron chi connectivity index (χ3n) is 3.78. The Morgan fingerprint density at radius 2 is 2.05 bits per heavy atom. The summed E-state index contributed by atoms with van der Waals surface area (Å²) in [6, 6.07) is 2.21. The lowest BCUT2D eigenvalue weighted by atomic mass is 10.0. The molecule has 0 bridgehead atoms. The lowest BCUT2D eigenvalue weighted by Crippen LogP contribution is -2.46. The van der Waals surface area contributed by atoms with Crippen molar-refractivity contribution in [2.24, 2.45) is 0 Å². The van der Waals surface area contributed by atoms with Crippen LogP contribution in [-0.2, 0) is 6.18 Å². The topological polar surface area (TPSA) is 45.2 Å². The maximum absolute atomic E-state index is 12.6. The molecule has 1 saturated heterocycles. The molecule has 7 heteroatoms. The highest BCUT2D eigenvalue weighted by Gasteiger charge is 2.33. The van der Waals surface area contributed by atoms with E-state index in [-0.39, 0.29) is 17.5 Å². The van der Waals surface area contributed by atoms with Crippen LogP contribution in [0.1, 0.15) is 42.2 Å². The van der Waals surface area contributed by atoms with Gasteiger partial charge in [0.25, 0.3) is 5.91 Å². The molecule has 122 valence electrons. The average Bonchev–Trinajstić information content (AvgIpc) is 2.52. The van der Waals surface area contributed by atoms with Gasteiger partial charge in [-0.3, -0.25) is 9.78 Å². The summed E-state index contributed by atoms with van der Waals surface area (Å²) in [6.45, 7) is 4.28. The van der Waals surface area contributed by atoms with Crippen molar-refractivity contribution >= 4 is 5.91 Å². The number of hydrogen-bond donors (Lipinski definition) is 1. The number of rotatable bonds is 4. The van der Waals surface area contributed by atoms with E-state index < -0.39 is 11.9 Å². The molecule has 1 aliphatic heterocycles. The van der Waals surface area contributed by atoms with Gasteiger partial charge in [-0.25, -0.2) is 0 Å². The van der Waals surface area contributed by atoms with Crippen molar-refractivity contribution in [3.63, 3.8) is 0 Å². The molecule has 0 aromatic carbocycles. The molecule has 2 rings (SSSR count). The van der Waals surface area contributed by atoms with Crippen LogP contribution in [-0.4, -0.2) is 41.5 Å². The molecule has 22 heavy (non-hydrogen) atoms. The fourth-order valence-electron chi connectivity index (χ4n) is 2.66. The molecule has 1 aromatic rings. The molecule has 4 nitrogen and oxygen atoms in total. The number of carbonyl (C=O) groups is 1. The minimum atomic E-state index is -4.49. The monoisotopic (exact) mass is 315 g/mol. The van der Waals surface area contributed by atoms with Crippen LogP contribution in [0.2, 0.25) is 0 Å². The summed E-state index contributed by atoms with van der Waals surface area (Å²) in [7, 11) is 0. The summed E-state index contributed by atoms with van der Waals surface area (Å²) in [5.74, 6) is -0.241. The third kappa shape index (κ3) is 3.97. The summed E-state index contributed by atoms with van der Waals surface area (Å²) in [6.07, 6.45) is -0.933. The van der Waals surface area contributed by atoms with Crippen LogP contribution < -0.4 is 5.32 Å². The molecule has 1 aromatic heterocycles. The minimum absolute atomic E-state index is 0.135. The summed E-state index contributed by atoms with van der Waals surface area (Å²) in [4.78, 5) is 17.7. The number of piperidine rings is 1. The maximum Gasteiger partial charge on any atom is 0.433 e. The third-order valence-corrected chi connectivity index (χ3v) is 3.78. The molecule has 1 aliphatic rings. The van der Waals surface area contributed by atoms with Gasteiger partial charge in [0, 0.05) is 18.8 Å². The van der Waals surface area contributed by atoms with Gasteiger partial charge in [-0.1, -0.05) is 6.92 Å². The first-order chi connectivity index (χ1) is 10.4. The lowest BCUT2D eigenvalue weighted by molar-refractivity contribution is -0.141. The Morgan fingerprint density at radius 1 is 1.36 bits per heavy atom. The van der Waals surface area contributed by atoms with Crippen molar-refractivity contribution in [1.29, 1.82) is 0 Å². The molecule has 2 heterocycles. The zero-order valence-corrected chi connectivity index (χ0v) is 12.5. The second-order valence-corrected chi connectivity index (χ2v) is 5.41. The summed E-state index contributed by atoms with van der Waals surface area (Å²) < 4.78 is 37.6. The van der Waals surface area contributed by atoms with E-state index in [1.807, 2.05) is 6.92 Å². The smallest absolute Gasteiger partial charge is 0.336 e. The SMILES string of the molecule is CCCN(C(=O)c1ccc(C(F)(F)F)nc1)C1CCNCC1. The van der Waals surface area contributed by atoms with E-state index in [1.165, 1.54) is 6.07 Å². The van der Waals surface area contributed by atoms with Gasteiger partial charge in [0.15, 0.2) is 0 Å². The first kappa shape index (κ1) is 16.7. The Kier molecular flexibility index (Phi) is 5.39. The van der Waals surface area contributed by atoms with E-state index >= 15 is 0 Å². The largest absolute Gasteiger partial charge is 0.433 e. The number of nitrogens with one attached hydrogen (secondary N) is 1. The highest BCUT2D eigenvalue weighted by molar-refractivity contribution is 5.94. The Labute approximate surface area is 127 Å². The highest BCUT2D eigenvalue weighted by Crippen LogP contribution is 2.27. The number of carbonyl (C=O) groups excluding carboxylic acids is 1. The van der Waals surface area contributed by atoms with E-state index in [0.29, 0.717) is 6.54 Å². The predicted molar refractivity (Wildman–Crippen MR) is 76.5 cm³/mol. The van der Waals surface area contributed by atoms with Crippen molar-refractivity contribution in [3.8, 4) is 0 Å². The summed E-state index contributed by atoms with van der Waals surface area (Å²) in [5, 5.41) is 3.24. The second kappa shape index (κ2) is 7.09. The van der Waals surface area contributed by atoms with Crippen molar-refractivity contribution in [2.75, 3.05) is 19.6 Å². The van der Waals surface area contributed by atoms with E-state index in [4.69, 9.17) is 0 Å². The van der Waals surface area contributed by atoms with E-state index in [2.05, 4.69) is 10.3 Å². The average molecular weight is 315 g/mol. The lowest BCUT2D eigenvalue weighted by Gasteiger charge is -2.34. The number of hydrogen-bond acceptors (Lipinski definition) is 3. The maximum atomic E-state index is 12.6. The summed E-state index contributed by atoms with van der Waals surface area (Å²) in [5.41, 5.74) is -0.770. The van der Waals surface area contributed by atoms with Crippen molar-refractivity contribution in [2.45, 2.75) is 38.4 Å².